The summed E-state index contributed by atoms with van der Waals surface area (Å²) in [5.74, 6) is -2.39. The number of aromatic nitrogens is 1. The molecular weight excluding hydrogens is 434 g/mol. The molecule has 33 heavy (non-hydrogen) atoms. The Balaban J connectivity index is 1.82. The second-order valence-corrected chi connectivity index (χ2v) is 6.81. The fraction of sp³-hybridized carbons (Fsp3) is 0.174. The fourth-order valence-electron chi connectivity index (χ4n) is 2.97. The van der Waals surface area contributed by atoms with Crippen molar-refractivity contribution in [3.05, 3.63) is 83.7 Å². The number of aliphatic hydroxyl groups is 1. The first-order valence-corrected chi connectivity index (χ1v) is 9.74. The number of carboxylic acid groups (broad SMARTS) is 2. The monoisotopic (exact) mass is 455 g/mol. The number of carbonyl (C=O) groups is 3. The molecule has 1 unspecified atom stereocenters. The molecule has 0 saturated heterocycles. The van der Waals surface area contributed by atoms with Gasteiger partial charge in [-0.2, -0.15) is 0 Å². The molecule has 10 heteroatoms. The first-order valence-electron chi connectivity index (χ1n) is 9.74. The van der Waals surface area contributed by atoms with Crippen LogP contribution in [0.3, 0.4) is 0 Å². The molecule has 1 aromatic heterocycles. The quantitative estimate of drug-likeness (QED) is 0.420. The predicted octanol–water partition coefficient (Wildman–Crippen LogP) is 2.68. The molecule has 2 aromatic carbocycles. The fourth-order valence-corrected chi connectivity index (χ4v) is 2.97. The second-order valence-electron chi connectivity index (χ2n) is 6.81. The summed E-state index contributed by atoms with van der Waals surface area (Å²) in [6, 6.07) is 16.2. The molecule has 0 fully saturated rings. The van der Waals surface area contributed by atoms with Crippen molar-refractivity contribution < 1.29 is 43.9 Å². The van der Waals surface area contributed by atoms with Gasteiger partial charge in [0, 0.05) is 17.8 Å². The number of hydrogen-bond donors (Lipinski definition) is 3. The maximum atomic E-state index is 12.6. The molecule has 0 aliphatic carbocycles. The third-order valence-corrected chi connectivity index (χ3v) is 4.46. The van der Waals surface area contributed by atoms with E-state index in [1.54, 1.807) is 18.2 Å². The van der Waals surface area contributed by atoms with Crippen LogP contribution in [0, 0.1) is 0 Å². The van der Waals surface area contributed by atoms with Gasteiger partial charge in [-0.25, -0.2) is 14.4 Å². The number of carboxylic acids is 2. The largest absolute Gasteiger partial charge is 0.482 e. The lowest BCUT2D eigenvalue weighted by molar-refractivity contribution is -0.140. The number of nitrogens with zero attached hydrogens (tertiary/aromatic N) is 1. The Morgan fingerprint density at radius 2 is 1.58 bits per heavy atom. The highest BCUT2D eigenvalue weighted by Gasteiger charge is 2.23. The van der Waals surface area contributed by atoms with Crippen LogP contribution in [0.15, 0.2) is 66.9 Å². The van der Waals surface area contributed by atoms with E-state index in [9.17, 15) is 19.5 Å². The molecule has 0 spiro atoms. The molecule has 0 aliphatic heterocycles. The molecule has 3 rings (SSSR count). The van der Waals surface area contributed by atoms with E-state index in [1.807, 2.05) is 18.2 Å². The summed E-state index contributed by atoms with van der Waals surface area (Å²) in [6.45, 7) is -1.28. The molecular formula is C23H21NO9. The molecule has 10 nitrogen and oxygen atoms in total. The summed E-state index contributed by atoms with van der Waals surface area (Å²) < 4.78 is 16.8. The normalized spacial score (nSPS) is 11.4. The van der Waals surface area contributed by atoms with Crippen molar-refractivity contribution in [2.75, 3.05) is 13.2 Å². The van der Waals surface area contributed by atoms with Crippen LogP contribution in [0.4, 0.5) is 4.79 Å². The van der Waals surface area contributed by atoms with E-state index in [4.69, 9.17) is 24.4 Å². The van der Waals surface area contributed by atoms with Gasteiger partial charge in [-0.15, -0.1) is 0 Å². The molecule has 0 aliphatic rings. The highest BCUT2D eigenvalue weighted by Crippen LogP contribution is 2.33. The van der Waals surface area contributed by atoms with Crippen LogP contribution in [0.25, 0.3) is 0 Å². The van der Waals surface area contributed by atoms with Crippen LogP contribution in [0.5, 0.6) is 11.5 Å². The molecule has 172 valence electrons. The van der Waals surface area contributed by atoms with Crippen LogP contribution in [0.2, 0.25) is 0 Å². The molecule has 0 amide bonds. The Morgan fingerprint density at radius 1 is 0.879 bits per heavy atom. The first kappa shape index (κ1) is 23.4. The van der Waals surface area contributed by atoms with Crippen LogP contribution < -0.4 is 9.47 Å². The van der Waals surface area contributed by atoms with Crippen molar-refractivity contribution in [2.24, 2.45) is 0 Å². The number of rotatable bonds is 10. The van der Waals surface area contributed by atoms with Gasteiger partial charge in [0.25, 0.3) is 0 Å². The molecule has 1 atom stereocenters. The number of aliphatic hydroxyl groups excluding tert-OH is 1. The lowest BCUT2D eigenvalue weighted by Crippen LogP contribution is -2.19. The van der Waals surface area contributed by atoms with E-state index < -0.39 is 37.3 Å². The highest BCUT2D eigenvalue weighted by molar-refractivity contribution is 5.72. The number of carbonyl (C=O) groups excluding carboxylic acids is 1. The van der Waals surface area contributed by atoms with Crippen molar-refractivity contribution in [2.45, 2.75) is 12.7 Å². The van der Waals surface area contributed by atoms with E-state index in [0.29, 0.717) is 0 Å². The minimum atomic E-state index is -1.39. The number of aliphatic carboxylic acids is 2. The van der Waals surface area contributed by atoms with Gasteiger partial charge < -0.3 is 29.5 Å². The average molecular weight is 455 g/mol. The third-order valence-electron chi connectivity index (χ3n) is 4.46. The summed E-state index contributed by atoms with van der Waals surface area (Å²) in [7, 11) is 0. The Bertz CT molecular complexity index is 1120. The van der Waals surface area contributed by atoms with Gasteiger partial charge in [0.1, 0.15) is 24.2 Å². The summed E-state index contributed by atoms with van der Waals surface area (Å²) >= 11 is 0. The van der Waals surface area contributed by atoms with Gasteiger partial charge in [-0.05, 0) is 29.8 Å². The molecule has 3 aromatic rings. The SMILES string of the molecule is O=C(O)COc1ccc(C(O)c2cccn2C(=O)OCc2ccccc2)c(OCC(=O)O)c1. The summed E-state index contributed by atoms with van der Waals surface area (Å²) in [5, 5.41) is 28.7. The van der Waals surface area contributed by atoms with Crippen molar-refractivity contribution in [3.63, 3.8) is 0 Å². The van der Waals surface area contributed by atoms with Gasteiger partial charge in [0.05, 0.1) is 5.69 Å². The van der Waals surface area contributed by atoms with Crippen LogP contribution in [0.1, 0.15) is 22.9 Å². The van der Waals surface area contributed by atoms with Crippen molar-refractivity contribution in [3.8, 4) is 11.5 Å². The van der Waals surface area contributed by atoms with Crippen molar-refractivity contribution in [1.29, 1.82) is 0 Å². The zero-order valence-electron chi connectivity index (χ0n) is 17.3. The standard InChI is InChI=1S/C23H21NO9/c25-20(26)13-31-16-8-9-17(19(11-16)32-14-21(27)28)22(29)18-7-4-10-24(18)23(30)33-12-15-5-2-1-3-6-15/h1-11,22,29H,12-14H2,(H,25,26)(H,27,28). The van der Waals surface area contributed by atoms with Gasteiger partial charge >= 0.3 is 18.0 Å². The summed E-state index contributed by atoms with van der Waals surface area (Å²) in [4.78, 5) is 34.3. The molecule has 0 saturated carbocycles. The van der Waals surface area contributed by atoms with E-state index in [0.717, 1.165) is 10.1 Å². The zero-order chi connectivity index (χ0) is 23.8. The highest BCUT2D eigenvalue weighted by atomic mass is 16.5. The minimum Gasteiger partial charge on any atom is -0.482 e. The Hall–Kier alpha value is -4.31. The number of ether oxygens (including phenoxy) is 3. The average Bonchev–Trinajstić information content (AvgIpc) is 3.30. The number of hydrogen-bond acceptors (Lipinski definition) is 7. The lowest BCUT2D eigenvalue weighted by Gasteiger charge is -2.18. The van der Waals surface area contributed by atoms with Gasteiger partial charge in [-0.1, -0.05) is 30.3 Å². The lowest BCUT2D eigenvalue weighted by atomic mass is 10.0. The van der Waals surface area contributed by atoms with Crippen molar-refractivity contribution >= 4 is 18.0 Å². The van der Waals surface area contributed by atoms with E-state index in [2.05, 4.69) is 0 Å². The van der Waals surface area contributed by atoms with Crippen molar-refractivity contribution in [1.82, 2.24) is 4.57 Å². The van der Waals surface area contributed by atoms with Crippen LogP contribution >= 0.6 is 0 Å². The smallest absolute Gasteiger partial charge is 0.418 e. The second kappa shape index (κ2) is 10.8. The van der Waals surface area contributed by atoms with E-state index >= 15 is 0 Å². The maximum absolute atomic E-state index is 12.6. The minimum absolute atomic E-state index is 0.0377. The predicted molar refractivity (Wildman–Crippen MR) is 113 cm³/mol. The first-order chi connectivity index (χ1) is 15.8. The molecule has 0 radical (unpaired) electrons. The van der Waals surface area contributed by atoms with Gasteiger partial charge in [0.2, 0.25) is 0 Å². The van der Waals surface area contributed by atoms with E-state index in [-0.39, 0.29) is 29.4 Å². The Labute approximate surface area is 188 Å². The topological polar surface area (TPSA) is 145 Å². The Morgan fingerprint density at radius 3 is 2.27 bits per heavy atom. The summed E-state index contributed by atoms with van der Waals surface area (Å²) in [6.07, 6.45) is -0.678. The van der Waals surface area contributed by atoms with Gasteiger partial charge in [-0.3, -0.25) is 4.57 Å². The third kappa shape index (κ3) is 6.34. The van der Waals surface area contributed by atoms with Crippen LogP contribution in [-0.2, 0) is 20.9 Å². The zero-order valence-corrected chi connectivity index (χ0v) is 17.3. The molecule has 3 N–H and O–H groups in total. The molecule has 1 heterocycles. The summed E-state index contributed by atoms with van der Waals surface area (Å²) in [5.41, 5.74) is 1.10. The number of benzene rings is 2. The maximum Gasteiger partial charge on any atom is 0.418 e. The van der Waals surface area contributed by atoms with Gasteiger partial charge in [0.15, 0.2) is 13.2 Å². The molecule has 0 bridgehead atoms. The Kier molecular flexibility index (Phi) is 7.66. The van der Waals surface area contributed by atoms with Crippen LogP contribution in [-0.4, -0.2) is 51.1 Å². The van der Waals surface area contributed by atoms with E-state index in [1.165, 1.54) is 30.5 Å².